The van der Waals surface area contributed by atoms with Gasteiger partial charge in [-0.3, -0.25) is 14.5 Å². The number of methoxy groups -OCH3 is 1. The third kappa shape index (κ3) is 4.23. The molecule has 2 aliphatic rings. The number of nitrogens with zero attached hydrogens (tertiary/aromatic N) is 2. The molecule has 0 radical (unpaired) electrons. The van der Waals surface area contributed by atoms with E-state index in [0.717, 1.165) is 12.8 Å². The van der Waals surface area contributed by atoms with Crippen molar-refractivity contribution in [2.75, 3.05) is 30.4 Å². The van der Waals surface area contributed by atoms with Crippen LogP contribution in [-0.4, -0.2) is 56.7 Å². The molecule has 0 bridgehead atoms. The Hall–Kier alpha value is -3.24. The molecule has 1 saturated heterocycles. The van der Waals surface area contributed by atoms with Crippen LogP contribution < -0.4 is 10.2 Å². The van der Waals surface area contributed by atoms with Gasteiger partial charge in [-0.1, -0.05) is 12.1 Å². The Morgan fingerprint density at radius 3 is 2.42 bits per heavy atom. The molecular weight excluding hydrogens is 446 g/mol. The van der Waals surface area contributed by atoms with Crippen molar-refractivity contribution in [3.05, 3.63) is 53.6 Å². The molecule has 2 amide bonds. The van der Waals surface area contributed by atoms with E-state index in [9.17, 15) is 22.8 Å². The quantitative estimate of drug-likeness (QED) is 0.669. The number of anilines is 2. The molecule has 0 saturated carbocycles. The van der Waals surface area contributed by atoms with Crippen LogP contribution in [0.1, 0.15) is 35.7 Å². The lowest BCUT2D eigenvalue weighted by molar-refractivity contribution is -0.122. The number of rotatable bonds is 5. The molecule has 2 aromatic carbocycles. The lowest BCUT2D eigenvalue weighted by Crippen LogP contribution is -2.44. The summed E-state index contributed by atoms with van der Waals surface area (Å²) in [6.07, 6.45) is 1.82. The smallest absolute Gasteiger partial charge is 0.339 e. The molecule has 2 aromatic rings. The van der Waals surface area contributed by atoms with E-state index in [2.05, 4.69) is 5.32 Å². The largest absolute Gasteiger partial charge is 0.465 e. The van der Waals surface area contributed by atoms with Crippen LogP contribution in [0, 0.1) is 0 Å². The summed E-state index contributed by atoms with van der Waals surface area (Å²) in [4.78, 5) is 39.1. The molecule has 0 spiro atoms. The first-order valence-corrected chi connectivity index (χ1v) is 12.1. The molecular formula is C23H25N3O6S. The van der Waals surface area contributed by atoms with E-state index < -0.39 is 27.9 Å². The van der Waals surface area contributed by atoms with Crippen LogP contribution in [0.25, 0.3) is 0 Å². The topological polar surface area (TPSA) is 113 Å². The number of fused-ring (bicyclic) bond motifs is 1. The fourth-order valence-electron chi connectivity index (χ4n) is 4.36. The molecule has 0 aliphatic carbocycles. The number of amides is 2. The summed E-state index contributed by atoms with van der Waals surface area (Å²) in [5.41, 5.74) is 1.57. The summed E-state index contributed by atoms with van der Waals surface area (Å²) in [5.74, 6) is -1.42. The van der Waals surface area contributed by atoms with Crippen LogP contribution in [0.4, 0.5) is 11.4 Å². The van der Waals surface area contributed by atoms with Gasteiger partial charge in [-0.15, -0.1) is 0 Å². The van der Waals surface area contributed by atoms with Crippen molar-refractivity contribution in [2.24, 2.45) is 0 Å². The fourth-order valence-corrected chi connectivity index (χ4v) is 5.93. The highest BCUT2D eigenvalue weighted by atomic mass is 32.2. The molecule has 0 unspecified atom stereocenters. The third-order valence-corrected chi connectivity index (χ3v) is 7.87. The number of ether oxygens (including phenoxy) is 1. The molecule has 174 valence electrons. The summed E-state index contributed by atoms with van der Waals surface area (Å²) < 4.78 is 32.1. The van der Waals surface area contributed by atoms with Gasteiger partial charge in [-0.05, 0) is 48.7 Å². The summed E-state index contributed by atoms with van der Waals surface area (Å²) in [7, 11) is -2.37. The number of para-hydroxylation sites is 1. The van der Waals surface area contributed by atoms with Gasteiger partial charge in [0, 0.05) is 32.1 Å². The molecule has 10 heteroatoms. The van der Waals surface area contributed by atoms with E-state index in [4.69, 9.17) is 4.74 Å². The Balaban J connectivity index is 1.63. The SMILES string of the molecule is COC(=O)c1ccccc1NC(=O)[C@H]1Cc2cc(S(=O)(=O)N3CCCC3)ccc2N1C(C)=O. The monoisotopic (exact) mass is 471 g/mol. The minimum atomic E-state index is -3.62. The molecule has 9 nitrogen and oxygen atoms in total. The van der Waals surface area contributed by atoms with Crippen LogP contribution >= 0.6 is 0 Å². The van der Waals surface area contributed by atoms with Gasteiger partial charge in [0.15, 0.2) is 0 Å². The number of nitrogens with one attached hydrogen (secondary N) is 1. The van der Waals surface area contributed by atoms with Crippen LogP contribution in [0.5, 0.6) is 0 Å². The number of carbonyl (C=O) groups excluding carboxylic acids is 3. The van der Waals surface area contributed by atoms with Gasteiger partial charge in [-0.2, -0.15) is 4.31 Å². The minimum Gasteiger partial charge on any atom is -0.465 e. The van der Waals surface area contributed by atoms with E-state index in [1.807, 2.05) is 0 Å². The molecule has 1 fully saturated rings. The van der Waals surface area contributed by atoms with E-state index in [-0.39, 0.29) is 28.5 Å². The van der Waals surface area contributed by atoms with Gasteiger partial charge < -0.3 is 10.1 Å². The van der Waals surface area contributed by atoms with E-state index in [0.29, 0.717) is 24.3 Å². The summed E-state index contributed by atoms with van der Waals surface area (Å²) in [6, 6.07) is 10.2. The maximum absolute atomic E-state index is 13.2. The second kappa shape index (κ2) is 8.95. The summed E-state index contributed by atoms with van der Waals surface area (Å²) >= 11 is 0. The molecule has 0 aromatic heterocycles. The summed E-state index contributed by atoms with van der Waals surface area (Å²) in [6.45, 7) is 2.33. The van der Waals surface area contributed by atoms with Crippen molar-refractivity contribution in [2.45, 2.75) is 37.1 Å². The fraction of sp³-hybridized carbons (Fsp3) is 0.348. The Kier molecular flexibility index (Phi) is 6.22. The number of sulfonamides is 1. The molecule has 1 N–H and O–H groups in total. The number of hydrogen-bond donors (Lipinski definition) is 1. The van der Waals surface area contributed by atoms with Crippen molar-refractivity contribution in [3.8, 4) is 0 Å². The first kappa shape index (κ1) is 22.9. The van der Waals surface area contributed by atoms with Crippen LogP contribution in [-0.2, 0) is 30.8 Å². The van der Waals surface area contributed by atoms with Crippen molar-refractivity contribution >= 4 is 39.2 Å². The summed E-state index contributed by atoms with van der Waals surface area (Å²) in [5, 5.41) is 2.72. The van der Waals surface area contributed by atoms with Crippen LogP contribution in [0.15, 0.2) is 47.4 Å². The maximum Gasteiger partial charge on any atom is 0.339 e. The van der Waals surface area contributed by atoms with E-state index in [1.54, 1.807) is 30.3 Å². The van der Waals surface area contributed by atoms with E-state index in [1.165, 1.54) is 35.4 Å². The second-order valence-corrected chi connectivity index (χ2v) is 9.98. The van der Waals surface area contributed by atoms with E-state index >= 15 is 0 Å². The number of esters is 1. The predicted molar refractivity (Wildman–Crippen MR) is 121 cm³/mol. The highest BCUT2D eigenvalue weighted by Gasteiger charge is 2.38. The van der Waals surface area contributed by atoms with Crippen molar-refractivity contribution in [1.29, 1.82) is 0 Å². The Labute approximate surface area is 192 Å². The zero-order valence-electron chi connectivity index (χ0n) is 18.4. The number of carbonyl (C=O) groups is 3. The zero-order chi connectivity index (χ0) is 23.8. The normalized spacial score (nSPS) is 18.1. The first-order valence-electron chi connectivity index (χ1n) is 10.6. The standard InChI is InChI=1S/C23H25N3O6S/c1-15(27)26-20-10-9-17(33(30,31)25-11-5-6-12-25)13-16(20)14-21(26)22(28)24-19-8-4-3-7-18(19)23(29)32-2/h3-4,7-10,13,21H,5-6,11-12,14H2,1-2H3,(H,24,28)/t21-/m1/s1. The molecule has 2 heterocycles. The van der Waals surface area contributed by atoms with Gasteiger partial charge in [0.05, 0.1) is 23.3 Å². The zero-order valence-corrected chi connectivity index (χ0v) is 19.2. The molecule has 2 aliphatic heterocycles. The average Bonchev–Trinajstić information content (AvgIpc) is 3.47. The maximum atomic E-state index is 13.2. The van der Waals surface area contributed by atoms with Gasteiger partial charge >= 0.3 is 5.97 Å². The Bertz CT molecular complexity index is 1220. The highest BCUT2D eigenvalue weighted by Crippen LogP contribution is 2.36. The molecule has 4 rings (SSSR count). The van der Waals surface area contributed by atoms with Crippen molar-refractivity contribution in [3.63, 3.8) is 0 Å². The Morgan fingerprint density at radius 1 is 1.06 bits per heavy atom. The van der Waals surface area contributed by atoms with Gasteiger partial charge in [0.25, 0.3) is 0 Å². The van der Waals surface area contributed by atoms with Gasteiger partial charge in [0.1, 0.15) is 6.04 Å². The minimum absolute atomic E-state index is 0.156. The molecule has 33 heavy (non-hydrogen) atoms. The van der Waals surface area contributed by atoms with Crippen molar-refractivity contribution in [1.82, 2.24) is 4.31 Å². The van der Waals surface area contributed by atoms with Crippen LogP contribution in [0.3, 0.4) is 0 Å². The molecule has 1 atom stereocenters. The third-order valence-electron chi connectivity index (χ3n) is 5.97. The highest BCUT2D eigenvalue weighted by molar-refractivity contribution is 7.89. The predicted octanol–water partition coefficient (Wildman–Crippen LogP) is 2.17. The lowest BCUT2D eigenvalue weighted by Gasteiger charge is -2.24. The second-order valence-electron chi connectivity index (χ2n) is 8.04. The lowest BCUT2D eigenvalue weighted by atomic mass is 10.1. The first-order chi connectivity index (χ1) is 15.7. The van der Waals surface area contributed by atoms with Crippen molar-refractivity contribution < 1.29 is 27.5 Å². The number of benzene rings is 2. The van der Waals surface area contributed by atoms with Gasteiger partial charge in [0.2, 0.25) is 21.8 Å². The average molecular weight is 472 g/mol. The number of hydrogen-bond acceptors (Lipinski definition) is 6. The Morgan fingerprint density at radius 2 is 1.76 bits per heavy atom. The van der Waals surface area contributed by atoms with Gasteiger partial charge in [-0.25, -0.2) is 13.2 Å². The van der Waals surface area contributed by atoms with Crippen LogP contribution in [0.2, 0.25) is 0 Å².